The molecule has 94 valence electrons. The zero-order valence-corrected chi connectivity index (χ0v) is 11.6. The van der Waals surface area contributed by atoms with Gasteiger partial charge in [0.25, 0.3) is 0 Å². The molecule has 0 aliphatic carbocycles. The Morgan fingerprint density at radius 3 is 2.25 bits per heavy atom. The fourth-order valence-corrected chi connectivity index (χ4v) is 4.25. The number of rotatable bonds is 8. The summed E-state index contributed by atoms with van der Waals surface area (Å²) < 4.78 is 16.4. The van der Waals surface area contributed by atoms with Gasteiger partial charge in [-0.15, -0.1) is 0 Å². The van der Waals surface area contributed by atoms with Gasteiger partial charge in [-0.05, 0) is 27.3 Å². The average Bonchev–Trinajstić information content (AvgIpc) is 2.17. The number of carbonyl (C=O) groups is 1. The molecule has 1 atom stereocenters. The number of esters is 1. The SMILES string of the molecule is C=CC(=O)OC(C)C[Si](C)(OCC)OCC. The van der Waals surface area contributed by atoms with Crippen LogP contribution in [0.25, 0.3) is 0 Å². The summed E-state index contributed by atoms with van der Waals surface area (Å²) in [6, 6.07) is 0.633. The summed E-state index contributed by atoms with van der Waals surface area (Å²) in [5.41, 5.74) is 0. The molecule has 0 radical (unpaired) electrons. The van der Waals surface area contributed by atoms with Crippen LogP contribution in [0.4, 0.5) is 0 Å². The Morgan fingerprint density at radius 2 is 1.88 bits per heavy atom. The monoisotopic (exact) mass is 246 g/mol. The van der Waals surface area contributed by atoms with Crippen LogP contribution in [0.15, 0.2) is 12.7 Å². The highest BCUT2D eigenvalue weighted by Crippen LogP contribution is 2.17. The molecule has 0 spiro atoms. The molecule has 0 aliphatic heterocycles. The molecule has 5 heteroatoms. The third-order valence-corrected chi connectivity index (χ3v) is 5.16. The first-order valence-electron chi connectivity index (χ1n) is 5.58. The van der Waals surface area contributed by atoms with Crippen molar-refractivity contribution in [1.82, 2.24) is 0 Å². The number of hydrogen-bond donors (Lipinski definition) is 0. The normalized spacial score (nSPS) is 13.2. The van der Waals surface area contributed by atoms with Crippen LogP contribution in [0, 0.1) is 0 Å². The van der Waals surface area contributed by atoms with E-state index in [1.165, 1.54) is 0 Å². The van der Waals surface area contributed by atoms with E-state index in [0.717, 1.165) is 6.08 Å². The Bertz CT molecular complexity index is 224. The quantitative estimate of drug-likeness (QED) is 0.374. The number of carbonyl (C=O) groups excluding carboxylic acids is 1. The Kier molecular flexibility index (Phi) is 7.28. The van der Waals surface area contributed by atoms with Crippen molar-refractivity contribution < 1.29 is 18.4 Å². The molecule has 0 aromatic heterocycles. The van der Waals surface area contributed by atoms with Gasteiger partial charge in [0.2, 0.25) is 0 Å². The molecule has 0 aromatic carbocycles. The van der Waals surface area contributed by atoms with Crippen LogP contribution >= 0.6 is 0 Å². The third kappa shape index (κ3) is 6.04. The second kappa shape index (κ2) is 7.59. The largest absolute Gasteiger partial charge is 0.460 e. The predicted molar refractivity (Wildman–Crippen MR) is 65.4 cm³/mol. The lowest BCUT2D eigenvalue weighted by Crippen LogP contribution is -2.42. The van der Waals surface area contributed by atoms with Gasteiger partial charge >= 0.3 is 14.5 Å². The highest BCUT2D eigenvalue weighted by Gasteiger charge is 2.33. The molecule has 0 N–H and O–H groups in total. The van der Waals surface area contributed by atoms with Crippen molar-refractivity contribution >= 4 is 14.5 Å². The van der Waals surface area contributed by atoms with Gasteiger partial charge in [-0.1, -0.05) is 6.58 Å². The van der Waals surface area contributed by atoms with E-state index in [1.807, 2.05) is 27.3 Å². The molecule has 1 unspecified atom stereocenters. The minimum atomic E-state index is -2.20. The molecule has 16 heavy (non-hydrogen) atoms. The van der Waals surface area contributed by atoms with Crippen LogP contribution in [-0.4, -0.2) is 33.8 Å². The fraction of sp³-hybridized carbons (Fsp3) is 0.727. The van der Waals surface area contributed by atoms with Crippen molar-refractivity contribution in [2.45, 2.75) is 39.5 Å². The van der Waals surface area contributed by atoms with E-state index in [2.05, 4.69) is 6.58 Å². The summed E-state index contributed by atoms with van der Waals surface area (Å²) in [7, 11) is -2.20. The van der Waals surface area contributed by atoms with Crippen LogP contribution in [0.5, 0.6) is 0 Å². The molecular weight excluding hydrogens is 224 g/mol. The molecule has 0 amide bonds. The van der Waals surface area contributed by atoms with Crippen molar-refractivity contribution in [1.29, 1.82) is 0 Å². The first-order chi connectivity index (χ1) is 7.47. The van der Waals surface area contributed by atoms with Gasteiger partial charge < -0.3 is 13.6 Å². The smallest absolute Gasteiger partial charge is 0.338 e. The standard InChI is InChI=1S/C11H22O4Si/c1-6-11(12)15-10(4)9-16(5,13-7-2)14-8-3/h6,10H,1,7-9H2,2-5H3. The van der Waals surface area contributed by atoms with Crippen LogP contribution < -0.4 is 0 Å². The molecule has 4 nitrogen and oxygen atoms in total. The van der Waals surface area contributed by atoms with Gasteiger partial charge in [0, 0.05) is 25.3 Å². The van der Waals surface area contributed by atoms with Crippen molar-refractivity contribution in [3.05, 3.63) is 12.7 Å². The van der Waals surface area contributed by atoms with Gasteiger partial charge in [-0.3, -0.25) is 0 Å². The molecule has 0 heterocycles. The molecule has 0 aliphatic rings. The van der Waals surface area contributed by atoms with Crippen LogP contribution in [0.2, 0.25) is 12.6 Å². The maximum Gasteiger partial charge on any atom is 0.338 e. The summed E-state index contributed by atoms with van der Waals surface area (Å²) >= 11 is 0. The molecular formula is C11H22O4Si. The summed E-state index contributed by atoms with van der Waals surface area (Å²) in [5, 5.41) is 0. The van der Waals surface area contributed by atoms with E-state index < -0.39 is 14.5 Å². The minimum absolute atomic E-state index is 0.208. The number of hydrogen-bond acceptors (Lipinski definition) is 4. The molecule has 0 saturated carbocycles. The maximum atomic E-state index is 11.0. The van der Waals surface area contributed by atoms with Crippen LogP contribution in [-0.2, 0) is 18.4 Å². The highest BCUT2D eigenvalue weighted by molar-refractivity contribution is 6.66. The third-order valence-electron chi connectivity index (χ3n) is 2.04. The van der Waals surface area contributed by atoms with Gasteiger partial charge in [0.15, 0.2) is 0 Å². The van der Waals surface area contributed by atoms with Gasteiger partial charge in [-0.25, -0.2) is 4.79 Å². The Hall–Kier alpha value is -0.653. The Balaban J connectivity index is 4.26. The first-order valence-corrected chi connectivity index (χ1v) is 8.10. The maximum absolute atomic E-state index is 11.0. The van der Waals surface area contributed by atoms with Crippen LogP contribution in [0.1, 0.15) is 20.8 Å². The fourth-order valence-electron chi connectivity index (χ4n) is 1.58. The summed E-state index contributed by atoms with van der Waals surface area (Å²) in [5.74, 6) is -0.406. The Labute approximate surface area is 98.8 Å². The van der Waals surface area contributed by atoms with E-state index in [9.17, 15) is 4.79 Å². The van der Waals surface area contributed by atoms with Gasteiger partial charge in [0.05, 0.1) is 0 Å². The molecule has 0 fully saturated rings. The zero-order valence-electron chi connectivity index (χ0n) is 10.6. The second-order valence-electron chi connectivity index (χ2n) is 3.66. The first kappa shape index (κ1) is 15.3. The second-order valence-corrected chi connectivity index (χ2v) is 6.91. The van der Waals surface area contributed by atoms with Gasteiger partial charge in [-0.2, -0.15) is 0 Å². The van der Waals surface area contributed by atoms with E-state index in [4.69, 9.17) is 13.6 Å². The average molecular weight is 246 g/mol. The highest BCUT2D eigenvalue weighted by atomic mass is 28.4. The zero-order chi connectivity index (χ0) is 12.6. The van der Waals surface area contributed by atoms with Gasteiger partial charge in [0.1, 0.15) is 6.10 Å². The Morgan fingerprint density at radius 1 is 1.38 bits per heavy atom. The topological polar surface area (TPSA) is 44.8 Å². The predicted octanol–water partition coefficient (Wildman–Crippen LogP) is 2.25. The minimum Gasteiger partial charge on any atom is -0.460 e. The molecule has 0 bridgehead atoms. The van der Waals surface area contributed by atoms with Crippen molar-refractivity contribution in [3.63, 3.8) is 0 Å². The van der Waals surface area contributed by atoms with Crippen molar-refractivity contribution in [2.75, 3.05) is 13.2 Å². The molecule has 0 saturated heterocycles. The van der Waals surface area contributed by atoms with Crippen molar-refractivity contribution in [2.24, 2.45) is 0 Å². The lowest BCUT2D eigenvalue weighted by molar-refractivity contribution is -0.141. The lowest BCUT2D eigenvalue weighted by Gasteiger charge is -2.28. The lowest BCUT2D eigenvalue weighted by atomic mass is 10.5. The van der Waals surface area contributed by atoms with Crippen molar-refractivity contribution in [3.8, 4) is 0 Å². The van der Waals surface area contributed by atoms with E-state index in [1.54, 1.807) is 0 Å². The summed E-state index contributed by atoms with van der Waals surface area (Å²) in [6.07, 6.45) is 0.955. The van der Waals surface area contributed by atoms with E-state index >= 15 is 0 Å². The summed E-state index contributed by atoms with van der Waals surface area (Å²) in [6.45, 7) is 12.3. The number of ether oxygens (including phenoxy) is 1. The van der Waals surface area contributed by atoms with Crippen LogP contribution in [0.3, 0.4) is 0 Å². The summed E-state index contributed by atoms with van der Waals surface area (Å²) in [4.78, 5) is 11.0. The van der Waals surface area contributed by atoms with E-state index in [-0.39, 0.29) is 6.10 Å². The molecule has 0 rings (SSSR count). The molecule has 0 aromatic rings. The van der Waals surface area contributed by atoms with E-state index in [0.29, 0.717) is 19.3 Å².